The minimum Gasteiger partial charge on any atom is -0.322 e. The lowest BCUT2D eigenvalue weighted by molar-refractivity contribution is -0.136. The molecule has 1 saturated heterocycles. The molecule has 0 spiro atoms. The van der Waals surface area contributed by atoms with E-state index in [1.54, 1.807) is 4.90 Å². The van der Waals surface area contributed by atoms with E-state index in [1.807, 2.05) is 12.1 Å². The largest absolute Gasteiger partial charge is 0.322 e. The van der Waals surface area contributed by atoms with E-state index in [0.717, 1.165) is 12.0 Å². The molecule has 5 heteroatoms. The number of nitrogens with one attached hydrogen (secondary N) is 1. The van der Waals surface area contributed by atoms with Gasteiger partial charge in [-0.15, -0.1) is 0 Å². The molecule has 2 aliphatic rings. The normalized spacial score (nSPS) is 20.6. The Balaban J connectivity index is 1.70. The topological polar surface area (TPSA) is 66.5 Å². The number of hydrogen-bond donors (Lipinski definition) is 1. The number of carbonyl (C=O) groups excluding carboxylic acids is 3. The van der Waals surface area contributed by atoms with E-state index in [9.17, 15) is 14.4 Å². The van der Waals surface area contributed by atoms with Crippen LogP contribution in [0.3, 0.4) is 0 Å². The van der Waals surface area contributed by atoms with Gasteiger partial charge in [0.05, 0.1) is 0 Å². The summed E-state index contributed by atoms with van der Waals surface area (Å²) >= 11 is 0. The van der Waals surface area contributed by atoms with Crippen LogP contribution in [0.15, 0.2) is 18.2 Å². The van der Waals surface area contributed by atoms with Gasteiger partial charge in [-0.25, -0.2) is 0 Å². The standard InChI is InChI=1S/C24H34N2O3/c1-5-6-7-12-24(3,4)14-16(2)17-8-9-18-15-26(23(29)19(18)13-17)20-10-11-21(27)25-22(20)28/h8-9,13,16,20H,5-7,10-12,14-15H2,1-4H3,(H,25,27,28). The van der Waals surface area contributed by atoms with Gasteiger partial charge < -0.3 is 4.90 Å². The summed E-state index contributed by atoms with van der Waals surface area (Å²) in [7, 11) is 0. The summed E-state index contributed by atoms with van der Waals surface area (Å²) in [4.78, 5) is 38.3. The van der Waals surface area contributed by atoms with Crippen molar-refractivity contribution in [2.45, 2.75) is 91.1 Å². The first kappa shape index (κ1) is 21.5. The summed E-state index contributed by atoms with van der Waals surface area (Å²) in [5.74, 6) is -0.335. The van der Waals surface area contributed by atoms with E-state index < -0.39 is 6.04 Å². The summed E-state index contributed by atoms with van der Waals surface area (Å²) in [6.07, 6.45) is 6.77. The lowest BCUT2D eigenvalue weighted by Crippen LogP contribution is -2.52. The zero-order valence-electron chi connectivity index (χ0n) is 18.2. The van der Waals surface area contributed by atoms with Gasteiger partial charge in [0, 0.05) is 18.5 Å². The Bertz CT molecular complexity index is 799. The first-order chi connectivity index (χ1) is 13.7. The van der Waals surface area contributed by atoms with E-state index >= 15 is 0 Å². The predicted molar refractivity (Wildman–Crippen MR) is 113 cm³/mol. The van der Waals surface area contributed by atoms with Crippen LogP contribution in [0.25, 0.3) is 0 Å². The van der Waals surface area contributed by atoms with Crippen molar-refractivity contribution in [3.8, 4) is 0 Å². The third-order valence-corrected chi connectivity index (χ3v) is 6.44. The van der Waals surface area contributed by atoms with Gasteiger partial charge in [-0.3, -0.25) is 19.7 Å². The highest BCUT2D eigenvalue weighted by Gasteiger charge is 2.39. The monoisotopic (exact) mass is 398 g/mol. The van der Waals surface area contributed by atoms with Gasteiger partial charge in [-0.1, -0.05) is 59.1 Å². The van der Waals surface area contributed by atoms with Crippen LogP contribution in [0.2, 0.25) is 0 Å². The number of piperidine rings is 1. The van der Waals surface area contributed by atoms with Gasteiger partial charge in [0.2, 0.25) is 11.8 Å². The van der Waals surface area contributed by atoms with Crippen LogP contribution < -0.4 is 5.32 Å². The molecular formula is C24H34N2O3. The van der Waals surface area contributed by atoms with Crippen molar-refractivity contribution >= 4 is 17.7 Å². The van der Waals surface area contributed by atoms with Gasteiger partial charge in [0.25, 0.3) is 5.91 Å². The predicted octanol–water partition coefficient (Wildman–Crippen LogP) is 4.55. The number of fused-ring (bicyclic) bond motifs is 1. The fourth-order valence-electron chi connectivity index (χ4n) is 4.78. The van der Waals surface area contributed by atoms with Crippen LogP contribution in [0, 0.1) is 5.41 Å². The molecule has 0 saturated carbocycles. The Labute approximate surface area is 174 Å². The van der Waals surface area contributed by atoms with Crippen molar-refractivity contribution in [2.24, 2.45) is 5.41 Å². The Morgan fingerprint density at radius 3 is 2.66 bits per heavy atom. The van der Waals surface area contributed by atoms with Gasteiger partial charge >= 0.3 is 0 Å². The molecule has 158 valence electrons. The number of unbranched alkanes of at least 4 members (excludes halogenated alkanes) is 2. The second kappa shape index (κ2) is 8.68. The fraction of sp³-hybridized carbons (Fsp3) is 0.625. The van der Waals surface area contributed by atoms with Crippen molar-refractivity contribution < 1.29 is 14.4 Å². The second-order valence-corrected chi connectivity index (χ2v) is 9.54. The Hall–Kier alpha value is -2.17. The summed E-state index contributed by atoms with van der Waals surface area (Å²) < 4.78 is 0. The van der Waals surface area contributed by atoms with Crippen LogP contribution in [0.4, 0.5) is 0 Å². The average Bonchev–Trinajstić information content (AvgIpc) is 2.97. The smallest absolute Gasteiger partial charge is 0.255 e. The SMILES string of the molecule is CCCCCC(C)(C)CC(C)c1ccc2c(c1)C(=O)N(C1CCC(=O)NC1=O)C2. The molecule has 0 aliphatic carbocycles. The summed E-state index contributed by atoms with van der Waals surface area (Å²) in [6.45, 7) is 9.58. The van der Waals surface area contributed by atoms with Crippen molar-refractivity contribution in [2.75, 3.05) is 0 Å². The molecule has 29 heavy (non-hydrogen) atoms. The number of imide groups is 1. The van der Waals surface area contributed by atoms with E-state index in [4.69, 9.17) is 0 Å². The second-order valence-electron chi connectivity index (χ2n) is 9.54. The summed E-state index contributed by atoms with van der Waals surface area (Å²) in [5, 5.41) is 2.36. The lowest BCUT2D eigenvalue weighted by Gasteiger charge is -2.29. The van der Waals surface area contributed by atoms with Crippen LogP contribution >= 0.6 is 0 Å². The first-order valence-electron chi connectivity index (χ1n) is 11.0. The zero-order valence-corrected chi connectivity index (χ0v) is 18.2. The maximum Gasteiger partial charge on any atom is 0.255 e. The Kier molecular flexibility index (Phi) is 6.45. The number of amides is 3. The molecule has 2 unspecified atom stereocenters. The molecule has 2 atom stereocenters. The third kappa shape index (κ3) is 4.88. The van der Waals surface area contributed by atoms with Crippen molar-refractivity contribution in [3.05, 3.63) is 34.9 Å². The first-order valence-corrected chi connectivity index (χ1v) is 11.0. The molecule has 0 bridgehead atoms. The summed E-state index contributed by atoms with van der Waals surface area (Å²) in [5.41, 5.74) is 3.14. The minimum absolute atomic E-state index is 0.0919. The molecule has 1 fully saturated rings. The average molecular weight is 399 g/mol. The van der Waals surface area contributed by atoms with Gasteiger partial charge in [-0.2, -0.15) is 0 Å². The van der Waals surface area contributed by atoms with Crippen LogP contribution in [-0.4, -0.2) is 28.7 Å². The van der Waals surface area contributed by atoms with Gasteiger partial charge in [0.15, 0.2) is 0 Å². The zero-order chi connectivity index (χ0) is 21.2. The molecule has 2 heterocycles. The number of hydrogen-bond acceptors (Lipinski definition) is 3. The maximum atomic E-state index is 13.0. The molecular weight excluding hydrogens is 364 g/mol. The van der Waals surface area contributed by atoms with Gasteiger partial charge in [0.1, 0.15) is 6.04 Å². The number of carbonyl (C=O) groups is 3. The number of benzene rings is 1. The van der Waals surface area contributed by atoms with E-state index in [0.29, 0.717) is 24.4 Å². The fourth-order valence-corrected chi connectivity index (χ4v) is 4.78. The van der Waals surface area contributed by atoms with Crippen LogP contribution in [0.5, 0.6) is 0 Å². The maximum absolute atomic E-state index is 13.0. The Morgan fingerprint density at radius 1 is 1.21 bits per heavy atom. The van der Waals surface area contributed by atoms with E-state index in [1.165, 1.54) is 31.2 Å². The quantitative estimate of drug-likeness (QED) is 0.516. The molecule has 0 aromatic heterocycles. The van der Waals surface area contributed by atoms with Crippen molar-refractivity contribution in [1.29, 1.82) is 0 Å². The molecule has 3 rings (SSSR count). The molecule has 3 amide bonds. The third-order valence-electron chi connectivity index (χ3n) is 6.44. The van der Waals surface area contributed by atoms with Crippen molar-refractivity contribution in [1.82, 2.24) is 10.2 Å². The van der Waals surface area contributed by atoms with E-state index in [2.05, 4.69) is 39.1 Å². The molecule has 1 aromatic carbocycles. The number of rotatable bonds is 8. The van der Waals surface area contributed by atoms with Crippen LogP contribution in [0.1, 0.15) is 100 Å². The van der Waals surface area contributed by atoms with Gasteiger partial charge in [-0.05, 0) is 47.8 Å². The number of nitrogens with zero attached hydrogens (tertiary/aromatic N) is 1. The lowest BCUT2D eigenvalue weighted by atomic mass is 9.77. The van der Waals surface area contributed by atoms with Crippen LogP contribution in [-0.2, 0) is 16.1 Å². The molecule has 5 nitrogen and oxygen atoms in total. The molecule has 0 radical (unpaired) electrons. The molecule has 1 N–H and O–H groups in total. The Morgan fingerprint density at radius 2 is 1.97 bits per heavy atom. The highest BCUT2D eigenvalue weighted by atomic mass is 16.2. The van der Waals surface area contributed by atoms with E-state index in [-0.39, 0.29) is 29.6 Å². The minimum atomic E-state index is -0.550. The highest BCUT2D eigenvalue weighted by molar-refractivity contribution is 6.05. The molecule has 1 aromatic rings. The molecule has 2 aliphatic heterocycles. The summed E-state index contributed by atoms with van der Waals surface area (Å²) in [6, 6.07) is 5.64. The highest BCUT2D eigenvalue weighted by Crippen LogP contribution is 2.37. The van der Waals surface area contributed by atoms with Crippen molar-refractivity contribution in [3.63, 3.8) is 0 Å².